The molecule has 0 heterocycles. The molecule has 0 aromatic carbocycles. The number of aliphatic carboxylic acids is 1. The number of rotatable bonds is 3. The summed E-state index contributed by atoms with van der Waals surface area (Å²) >= 11 is 0. The fourth-order valence-corrected chi connectivity index (χ4v) is 1.64. The molecule has 0 aromatic heterocycles. The summed E-state index contributed by atoms with van der Waals surface area (Å²) in [5, 5.41) is 12.9. The summed E-state index contributed by atoms with van der Waals surface area (Å²) in [5.41, 5.74) is -3.00. The van der Waals surface area contributed by atoms with Gasteiger partial charge >= 0.3 is 18.2 Å². The third kappa shape index (κ3) is 3.51. The van der Waals surface area contributed by atoms with Crippen LogP contribution in [0.2, 0.25) is 0 Å². The Hall–Kier alpha value is -1.47. The van der Waals surface area contributed by atoms with Crippen LogP contribution in [0.25, 0.3) is 0 Å². The van der Waals surface area contributed by atoms with Crippen molar-refractivity contribution in [3.63, 3.8) is 0 Å². The van der Waals surface area contributed by atoms with Crippen molar-refractivity contribution in [2.45, 2.75) is 51.4 Å². The predicted molar refractivity (Wildman–Crippen MR) is 60.6 cm³/mol. The molecule has 1 rings (SSSR count). The van der Waals surface area contributed by atoms with E-state index in [9.17, 15) is 22.8 Å². The molecular formula is C11H17F3N2O3. The van der Waals surface area contributed by atoms with Crippen molar-refractivity contribution in [1.82, 2.24) is 10.6 Å². The van der Waals surface area contributed by atoms with Crippen LogP contribution >= 0.6 is 0 Å². The molecular weight excluding hydrogens is 265 g/mol. The highest BCUT2D eigenvalue weighted by atomic mass is 19.4. The number of carbonyl (C=O) groups is 2. The number of carboxylic acid groups (broad SMARTS) is 1. The number of amides is 2. The van der Waals surface area contributed by atoms with Gasteiger partial charge in [-0.1, -0.05) is 20.8 Å². The van der Waals surface area contributed by atoms with Crippen molar-refractivity contribution in [2.75, 3.05) is 0 Å². The Bertz CT molecular complexity index is 384. The minimum Gasteiger partial charge on any atom is -0.480 e. The van der Waals surface area contributed by atoms with E-state index in [1.54, 1.807) is 20.8 Å². The van der Waals surface area contributed by atoms with Gasteiger partial charge in [0.15, 0.2) is 0 Å². The molecule has 1 atom stereocenters. The largest absolute Gasteiger partial charge is 0.480 e. The monoisotopic (exact) mass is 282 g/mol. The van der Waals surface area contributed by atoms with Gasteiger partial charge in [-0.25, -0.2) is 9.59 Å². The summed E-state index contributed by atoms with van der Waals surface area (Å²) in [5.74, 6) is -1.29. The molecule has 3 N–H and O–H groups in total. The lowest BCUT2D eigenvalue weighted by Gasteiger charge is -2.29. The van der Waals surface area contributed by atoms with Crippen molar-refractivity contribution in [3.8, 4) is 0 Å². The highest BCUT2D eigenvalue weighted by Gasteiger charge is 2.64. The van der Waals surface area contributed by atoms with E-state index >= 15 is 0 Å². The van der Waals surface area contributed by atoms with Crippen LogP contribution in [0.3, 0.4) is 0 Å². The maximum absolute atomic E-state index is 12.6. The molecule has 1 fully saturated rings. The Morgan fingerprint density at radius 1 is 1.21 bits per heavy atom. The van der Waals surface area contributed by atoms with Crippen molar-refractivity contribution in [1.29, 1.82) is 0 Å². The van der Waals surface area contributed by atoms with Crippen LogP contribution in [0.1, 0.15) is 33.6 Å². The maximum Gasteiger partial charge on any atom is 0.411 e. The van der Waals surface area contributed by atoms with Gasteiger partial charge in [-0.15, -0.1) is 0 Å². The van der Waals surface area contributed by atoms with Gasteiger partial charge in [-0.3, -0.25) is 0 Å². The van der Waals surface area contributed by atoms with E-state index in [2.05, 4.69) is 5.32 Å². The fourth-order valence-electron chi connectivity index (χ4n) is 1.64. The van der Waals surface area contributed by atoms with Crippen LogP contribution < -0.4 is 10.6 Å². The zero-order valence-electron chi connectivity index (χ0n) is 10.9. The number of halogens is 3. The second kappa shape index (κ2) is 4.57. The van der Waals surface area contributed by atoms with Gasteiger partial charge in [-0.05, 0) is 18.3 Å². The summed E-state index contributed by atoms with van der Waals surface area (Å²) in [6.07, 6.45) is -4.89. The molecule has 0 bridgehead atoms. The van der Waals surface area contributed by atoms with E-state index in [-0.39, 0.29) is 12.8 Å². The average Bonchev–Trinajstić information content (AvgIpc) is 2.91. The van der Waals surface area contributed by atoms with Crippen LogP contribution in [0.5, 0.6) is 0 Å². The standard InChI is InChI=1S/C11H17F3N2O3/c1-9(2,3)6(7(17)18)15-8(19)16-10(4-5-10)11(12,13)14/h6H,4-5H2,1-3H3,(H,17,18)(H2,15,16,19). The molecule has 0 aliphatic heterocycles. The van der Waals surface area contributed by atoms with Crippen LogP contribution in [0.15, 0.2) is 0 Å². The molecule has 5 nitrogen and oxygen atoms in total. The summed E-state index contributed by atoms with van der Waals surface area (Å²) in [6, 6.07) is -2.38. The van der Waals surface area contributed by atoms with Crippen molar-refractivity contribution in [3.05, 3.63) is 0 Å². The zero-order valence-corrected chi connectivity index (χ0v) is 10.9. The number of alkyl halides is 3. The summed E-state index contributed by atoms with van der Waals surface area (Å²) < 4.78 is 37.9. The summed E-state index contributed by atoms with van der Waals surface area (Å²) in [4.78, 5) is 22.5. The highest BCUT2D eigenvalue weighted by Crippen LogP contribution is 2.48. The quantitative estimate of drug-likeness (QED) is 0.739. The number of carboxylic acids is 1. The molecule has 0 radical (unpaired) electrons. The van der Waals surface area contributed by atoms with E-state index in [1.165, 1.54) is 0 Å². The molecule has 1 unspecified atom stereocenters. The minimum atomic E-state index is -4.52. The van der Waals surface area contributed by atoms with Crippen molar-refractivity contribution in [2.24, 2.45) is 5.41 Å². The topological polar surface area (TPSA) is 78.4 Å². The fraction of sp³-hybridized carbons (Fsp3) is 0.818. The number of carbonyl (C=O) groups excluding carboxylic acids is 1. The zero-order chi connectivity index (χ0) is 15.1. The van der Waals surface area contributed by atoms with Crippen LogP contribution in [0, 0.1) is 5.41 Å². The normalized spacial score (nSPS) is 19.5. The lowest BCUT2D eigenvalue weighted by atomic mass is 9.87. The van der Waals surface area contributed by atoms with E-state index in [0.29, 0.717) is 0 Å². The highest BCUT2D eigenvalue weighted by molar-refractivity contribution is 5.83. The first-order chi connectivity index (χ1) is 8.39. The molecule has 8 heteroatoms. The number of urea groups is 1. The first-order valence-corrected chi connectivity index (χ1v) is 5.77. The maximum atomic E-state index is 12.6. The Morgan fingerprint density at radius 2 is 1.68 bits per heavy atom. The molecule has 110 valence electrons. The van der Waals surface area contributed by atoms with Crippen LogP contribution in [-0.4, -0.2) is 34.9 Å². The summed E-state index contributed by atoms with van der Waals surface area (Å²) in [6.45, 7) is 4.72. The lowest BCUT2D eigenvalue weighted by Crippen LogP contribution is -2.57. The average molecular weight is 282 g/mol. The predicted octanol–water partition coefficient (Wildman–Crippen LogP) is 1.88. The van der Waals surface area contributed by atoms with Crippen molar-refractivity contribution < 1.29 is 27.9 Å². The van der Waals surface area contributed by atoms with Gasteiger partial charge in [-0.2, -0.15) is 13.2 Å². The molecule has 19 heavy (non-hydrogen) atoms. The molecule has 1 aliphatic rings. The van der Waals surface area contributed by atoms with Gasteiger partial charge in [0.1, 0.15) is 11.6 Å². The molecule has 0 spiro atoms. The first-order valence-electron chi connectivity index (χ1n) is 5.77. The second-order valence-electron chi connectivity index (χ2n) is 5.82. The van der Waals surface area contributed by atoms with Crippen molar-refractivity contribution >= 4 is 12.0 Å². The van der Waals surface area contributed by atoms with Gasteiger partial charge in [0.25, 0.3) is 0 Å². The molecule has 0 saturated heterocycles. The second-order valence-corrected chi connectivity index (χ2v) is 5.82. The van der Waals surface area contributed by atoms with Gasteiger partial charge in [0.05, 0.1) is 0 Å². The Balaban J connectivity index is 2.68. The van der Waals surface area contributed by atoms with Gasteiger partial charge in [0, 0.05) is 0 Å². The van der Waals surface area contributed by atoms with E-state index < -0.39 is 35.2 Å². The van der Waals surface area contributed by atoms with Gasteiger partial charge < -0.3 is 15.7 Å². The third-order valence-corrected chi connectivity index (χ3v) is 3.03. The van der Waals surface area contributed by atoms with E-state index in [4.69, 9.17) is 5.11 Å². The molecule has 1 saturated carbocycles. The number of hydrogen-bond donors (Lipinski definition) is 3. The molecule has 0 aromatic rings. The van der Waals surface area contributed by atoms with Crippen LogP contribution in [-0.2, 0) is 4.79 Å². The Kier molecular flexibility index (Phi) is 3.75. The Labute approximate surface area is 108 Å². The SMILES string of the molecule is CC(C)(C)C(NC(=O)NC1(C(F)(F)F)CC1)C(=O)O. The summed E-state index contributed by atoms with van der Waals surface area (Å²) in [7, 11) is 0. The van der Waals surface area contributed by atoms with Crippen LogP contribution in [0.4, 0.5) is 18.0 Å². The minimum absolute atomic E-state index is 0.183. The number of hydrogen-bond acceptors (Lipinski definition) is 2. The van der Waals surface area contributed by atoms with E-state index in [1.807, 2.05) is 5.32 Å². The molecule has 1 aliphatic carbocycles. The lowest BCUT2D eigenvalue weighted by molar-refractivity contribution is -0.162. The number of nitrogens with one attached hydrogen (secondary N) is 2. The van der Waals surface area contributed by atoms with Gasteiger partial charge in [0.2, 0.25) is 0 Å². The first kappa shape index (κ1) is 15.6. The third-order valence-electron chi connectivity index (χ3n) is 3.03. The molecule has 2 amide bonds. The smallest absolute Gasteiger partial charge is 0.411 e. The Morgan fingerprint density at radius 3 is 1.95 bits per heavy atom. The van der Waals surface area contributed by atoms with E-state index in [0.717, 1.165) is 0 Å².